The Morgan fingerprint density at radius 3 is 2.72 bits per heavy atom. The summed E-state index contributed by atoms with van der Waals surface area (Å²) in [5.41, 5.74) is 4.27. The van der Waals surface area contributed by atoms with Gasteiger partial charge in [-0.05, 0) is 25.5 Å². The van der Waals surface area contributed by atoms with Gasteiger partial charge in [-0.1, -0.05) is 30.3 Å². The fourth-order valence-electron chi connectivity index (χ4n) is 3.19. The van der Waals surface area contributed by atoms with Crippen molar-refractivity contribution in [3.63, 3.8) is 0 Å². The molecule has 0 aliphatic carbocycles. The second kappa shape index (κ2) is 6.05. The highest BCUT2D eigenvalue weighted by atomic mass is 16.1. The van der Waals surface area contributed by atoms with Gasteiger partial charge in [0.1, 0.15) is 0 Å². The summed E-state index contributed by atoms with van der Waals surface area (Å²) in [5.74, 6) is 0. The van der Waals surface area contributed by atoms with Crippen LogP contribution in [0.1, 0.15) is 24.4 Å². The lowest BCUT2D eigenvalue weighted by Crippen LogP contribution is -2.18. The third-order valence-electron chi connectivity index (χ3n) is 4.39. The maximum absolute atomic E-state index is 12.5. The van der Waals surface area contributed by atoms with Crippen LogP contribution in [0, 0.1) is 6.92 Å². The van der Waals surface area contributed by atoms with E-state index in [0.717, 1.165) is 22.5 Å². The second-order valence-electron chi connectivity index (χ2n) is 6.26. The zero-order chi connectivity index (χ0) is 17.4. The first-order chi connectivity index (χ1) is 12.1. The molecule has 0 amide bonds. The SMILES string of the molecule is Cc1[nH]n2c(=O)cc(CC(C)n3cccn3)nc2c1-c1ccccc1. The summed E-state index contributed by atoms with van der Waals surface area (Å²) >= 11 is 0. The van der Waals surface area contributed by atoms with Gasteiger partial charge >= 0.3 is 0 Å². The second-order valence-corrected chi connectivity index (χ2v) is 6.26. The quantitative estimate of drug-likeness (QED) is 0.624. The highest BCUT2D eigenvalue weighted by Gasteiger charge is 2.16. The van der Waals surface area contributed by atoms with E-state index in [1.165, 1.54) is 4.52 Å². The van der Waals surface area contributed by atoms with Crippen molar-refractivity contribution < 1.29 is 0 Å². The van der Waals surface area contributed by atoms with E-state index in [9.17, 15) is 4.79 Å². The largest absolute Gasteiger partial charge is 0.293 e. The number of H-pyrrole nitrogens is 1. The molecule has 3 heterocycles. The van der Waals surface area contributed by atoms with Crippen LogP contribution in [0.15, 0.2) is 59.7 Å². The number of hydrogen-bond donors (Lipinski definition) is 1. The van der Waals surface area contributed by atoms with Crippen LogP contribution in [0.2, 0.25) is 0 Å². The summed E-state index contributed by atoms with van der Waals surface area (Å²) < 4.78 is 3.39. The number of aryl methyl sites for hydroxylation is 1. The number of benzene rings is 1. The normalized spacial score (nSPS) is 12.6. The molecule has 0 aliphatic heterocycles. The maximum atomic E-state index is 12.5. The molecule has 0 radical (unpaired) electrons. The number of aromatic amines is 1. The number of hydrogen-bond acceptors (Lipinski definition) is 3. The van der Waals surface area contributed by atoms with E-state index < -0.39 is 0 Å². The summed E-state index contributed by atoms with van der Waals surface area (Å²) in [5, 5.41) is 7.39. The molecule has 6 nitrogen and oxygen atoms in total. The van der Waals surface area contributed by atoms with E-state index in [-0.39, 0.29) is 11.6 Å². The smallest absolute Gasteiger partial charge is 0.272 e. The van der Waals surface area contributed by atoms with E-state index in [1.54, 1.807) is 12.3 Å². The first-order valence-electron chi connectivity index (χ1n) is 8.29. The van der Waals surface area contributed by atoms with E-state index in [4.69, 9.17) is 4.98 Å². The molecule has 1 N–H and O–H groups in total. The van der Waals surface area contributed by atoms with Crippen LogP contribution in [0.25, 0.3) is 16.8 Å². The first kappa shape index (κ1) is 15.4. The Labute approximate surface area is 144 Å². The standard InChI is InChI=1S/C19H19N5O/c1-13(23-10-6-9-20-23)11-16-12-17(25)24-19(21-16)18(14(2)22-24)15-7-4-3-5-8-15/h3-10,12-13,22H,11H2,1-2H3. The van der Waals surface area contributed by atoms with Crippen LogP contribution >= 0.6 is 0 Å². The van der Waals surface area contributed by atoms with Gasteiger partial charge in [0.2, 0.25) is 0 Å². The molecule has 4 aromatic rings. The first-order valence-corrected chi connectivity index (χ1v) is 8.29. The molecule has 25 heavy (non-hydrogen) atoms. The highest BCUT2D eigenvalue weighted by molar-refractivity contribution is 5.79. The predicted octanol–water partition coefficient (Wildman–Crippen LogP) is 3.00. The van der Waals surface area contributed by atoms with Crippen molar-refractivity contribution in [2.24, 2.45) is 0 Å². The molecular weight excluding hydrogens is 314 g/mol. The van der Waals surface area contributed by atoms with Crippen molar-refractivity contribution in [3.05, 3.63) is 76.6 Å². The van der Waals surface area contributed by atoms with Crippen LogP contribution in [0.4, 0.5) is 0 Å². The highest BCUT2D eigenvalue weighted by Crippen LogP contribution is 2.26. The van der Waals surface area contributed by atoms with Gasteiger partial charge in [0.25, 0.3) is 5.56 Å². The van der Waals surface area contributed by atoms with Gasteiger partial charge in [0.05, 0.1) is 11.7 Å². The van der Waals surface area contributed by atoms with Gasteiger partial charge in [-0.2, -0.15) is 5.10 Å². The minimum Gasteiger partial charge on any atom is -0.293 e. The lowest BCUT2D eigenvalue weighted by atomic mass is 10.1. The van der Waals surface area contributed by atoms with Crippen LogP contribution in [-0.2, 0) is 6.42 Å². The average Bonchev–Trinajstić information content (AvgIpc) is 3.23. The van der Waals surface area contributed by atoms with Crippen molar-refractivity contribution in [2.45, 2.75) is 26.3 Å². The van der Waals surface area contributed by atoms with Gasteiger partial charge in [-0.15, -0.1) is 0 Å². The van der Waals surface area contributed by atoms with Gasteiger partial charge in [0.15, 0.2) is 5.65 Å². The molecule has 0 aliphatic rings. The summed E-state index contributed by atoms with van der Waals surface area (Å²) in [6.07, 6.45) is 4.32. The molecule has 0 bridgehead atoms. The monoisotopic (exact) mass is 333 g/mol. The summed E-state index contributed by atoms with van der Waals surface area (Å²) in [7, 11) is 0. The predicted molar refractivity (Wildman–Crippen MR) is 96.6 cm³/mol. The third-order valence-corrected chi connectivity index (χ3v) is 4.39. The van der Waals surface area contributed by atoms with E-state index in [0.29, 0.717) is 12.1 Å². The molecule has 0 spiro atoms. The Bertz CT molecular complexity index is 1060. The van der Waals surface area contributed by atoms with Crippen LogP contribution in [0.5, 0.6) is 0 Å². The van der Waals surface area contributed by atoms with Gasteiger partial charge in [-0.25, -0.2) is 9.50 Å². The summed E-state index contributed by atoms with van der Waals surface area (Å²) in [6, 6.07) is 13.6. The summed E-state index contributed by atoms with van der Waals surface area (Å²) in [6.45, 7) is 4.03. The molecular formula is C19H19N5O. The van der Waals surface area contributed by atoms with Gasteiger partial charge in [-0.3, -0.25) is 14.6 Å². The zero-order valence-corrected chi connectivity index (χ0v) is 14.2. The summed E-state index contributed by atoms with van der Waals surface area (Å²) in [4.78, 5) is 17.3. The molecule has 3 aromatic heterocycles. The maximum Gasteiger partial charge on any atom is 0.272 e. The number of fused-ring (bicyclic) bond motifs is 1. The Balaban J connectivity index is 1.82. The van der Waals surface area contributed by atoms with Crippen molar-refractivity contribution >= 4 is 5.65 Å². The molecule has 0 saturated carbocycles. The minimum absolute atomic E-state index is 0.0991. The van der Waals surface area contributed by atoms with Crippen LogP contribution in [-0.4, -0.2) is 24.4 Å². The lowest BCUT2D eigenvalue weighted by molar-refractivity contribution is 0.484. The number of aromatic nitrogens is 5. The van der Waals surface area contributed by atoms with E-state index in [2.05, 4.69) is 17.1 Å². The number of rotatable bonds is 4. The van der Waals surface area contributed by atoms with Gasteiger partial charge in [0, 0.05) is 36.1 Å². The van der Waals surface area contributed by atoms with E-state index >= 15 is 0 Å². The Morgan fingerprint density at radius 1 is 1.20 bits per heavy atom. The zero-order valence-electron chi connectivity index (χ0n) is 14.2. The number of nitrogens with zero attached hydrogens (tertiary/aromatic N) is 4. The number of nitrogens with one attached hydrogen (secondary N) is 1. The molecule has 126 valence electrons. The topological polar surface area (TPSA) is 68.0 Å². The molecule has 1 atom stereocenters. The fraction of sp³-hybridized carbons (Fsp3) is 0.211. The van der Waals surface area contributed by atoms with Crippen molar-refractivity contribution in [1.29, 1.82) is 0 Å². The molecule has 1 aromatic carbocycles. The van der Waals surface area contributed by atoms with Crippen LogP contribution in [0.3, 0.4) is 0 Å². The molecule has 0 saturated heterocycles. The Morgan fingerprint density at radius 2 is 2.00 bits per heavy atom. The molecule has 4 rings (SSSR count). The van der Waals surface area contributed by atoms with Gasteiger partial charge < -0.3 is 0 Å². The van der Waals surface area contributed by atoms with Crippen LogP contribution < -0.4 is 5.56 Å². The Kier molecular flexibility index (Phi) is 3.72. The fourth-order valence-corrected chi connectivity index (χ4v) is 3.19. The molecule has 6 heteroatoms. The van der Waals surface area contributed by atoms with Crippen molar-refractivity contribution in [1.82, 2.24) is 24.4 Å². The average molecular weight is 333 g/mol. The minimum atomic E-state index is -0.0991. The van der Waals surface area contributed by atoms with Crippen molar-refractivity contribution in [3.8, 4) is 11.1 Å². The lowest BCUT2D eigenvalue weighted by Gasteiger charge is -2.11. The Hall–Kier alpha value is -3.15. The third kappa shape index (κ3) is 2.76. The molecule has 1 unspecified atom stereocenters. The van der Waals surface area contributed by atoms with Crippen molar-refractivity contribution in [2.75, 3.05) is 0 Å². The molecule has 0 fully saturated rings. The van der Waals surface area contributed by atoms with E-state index in [1.807, 2.05) is 54.2 Å².